The van der Waals surface area contributed by atoms with E-state index < -0.39 is 23.9 Å². The van der Waals surface area contributed by atoms with Crippen molar-refractivity contribution in [3.05, 3.63) is 75.7 Å². The number of halogens is 3. The van der Waals surface area contributed by atoms with Crippen molar-refractivity contribution in [2.45, 2.75) is 25.5 Å². The summed E-state index contributed by atoms with van der Waals surface area (Å²) in [5.74, 6) is -1.21. The third-order valence-corrected chi connectivity index (χ3v) is 5.45. The molecule has 162 valence electrons. The Kier molecular flexibility index (Phi) is 7.00. The molecule has 0 saturated heterocycles. The van der Waals surface area contributed by atoms with Crippen molar-refractivity contribution in [1.82, 2.24) is 4.98 Å². The van der Waals surface area contributed by atoms with Crippen LogP contribution in [-0.2, 0) is 11.2 Å². The van der Waals surface area contributed by atoms with E-state index in [1.807, 2.05) is 12.1 Å². The number of aromatic nitrogens is 1. The van der Waals surface area contributed by atoms with Gasteiger partial charge in [0.05, 0.1) is 5.02 Å². The van der Waals surface area contributed by atoms with Crippen LogP contribution in [-0.4, -0.2) is 22.1 Å². The van der Waals surface area contributed by atoms with Gasteiger partial charge < -0.3 is 21.3 Å². The van der Waals surface area contributed by atoms with Crippen LogP contribution >= 0.6 is 23.2 Å². The largest absolute Gasteiger partial charge is 0.482 e. The second-order valence-corrected chi connectivity index (χ2v) is 7.76. The number of carboxylic acid groups (broad SMARTS) is 1. The highest BCUT2D eigenvalue weighted by Crippen LogP contribution is 2.37. The number of pyridine rings is 1. The van der Waals surface area contributed by atoms with Crippen molar-refractivity contribution in [3.63, 3.8) is 0 Å². The van der Waals surface area contributed by atoms with Crippen LogP contribution in [0.3, 0.4) is 0 Å². The predicted octanol–water partition coefficient (Wildman–Crippen LogP) is 4.87. The molecule has 6 nitrogen and oxygen atoms in total. The molecule has 0 fully saturated rings. The Morgan fingerprint density at radius 1 is 1.19 bits per heavy atom. The van der Waals surface area contributed by atoms with Crippen molar-refractivity contribution in [2.24, 2.45) is 5.73 Å². The highest BCUT2D eigenvalue weighted by Gasteiger charge is 2.20. The molecule has 2 unspecified atom stereocenters. The first-order valence-corrected chi connectivity index (χ1v) is 10.1. The Morgan fingerprint density at radius 3 is 2.52 bits per heavy atom. The summed E-state index contributed by atoms with van der Waals surface area (Å²) < 4.78 is 19.8. The monoisotopic (exact) mass is 463 g/mol. The van der Waals surface area contributed by atoms with Crippen LogP contribution in [0.2, 0.25) is 10.0 Å². The van der Waals surface area contributed by atoms with Gasteiger partial charge in [0.1, 0.15) is 18.0 Å². The Balaban J connectivity index is 1.84. The molecular formula is C22H20Cl2FN3O3. The first kappa shape index (κ1) is 22.8. The average molecular weight is 464 g/mol. The van der Waals surface area contributed by atoms with E-state index in [0.29, 0.717) is 11.3 Å². The number of hydrogen-bond acceptors (Lipinski definition) is 5. The second-order valence-electron chi connectivity index (χ2n) is 6.97. The van der Waals surface area contributed by atoms with Crippen molar-refractivity contribution < 1.29 is 19.0 Å². The van der Waals surface area contributed by atoms with Gasteiger partial charge in [0.15, 0.2) is 11.6 Å². The summed E-state index contributed by atoms with van der Waals surface area (Å²) in [5.41, 5.74) is 14.2. The van der Waals surface area contributed by atoms with Gasteiger partial charge in [-0.25, -0.2) is 9.37 Å². The molecule has 0 radical (unpaired) electrons. The molecule has 5 N–H and O–H groups in total. The maximum Gasteiger partial charge on any atom is 0.320 e. The van der Waals surface area contributed by atoms with E-state index >= 15 is 0 Å². The molecule has 1 heterocycles. The minimum atomic E-state index is -1.05. The van der Waals surface area contributed by atoms with Crippen LogP contribution < -0.4 is 16.2 Å². The average Bonchev–Trinajstić information content (AvgIpc) is 2.73. The van der Waals surface area contributed by atoms with Crippen LogP contribution in [0.4, 0.5) is 10.2 Å². The molecule has 0 aliphatic rings. The number of carbonyl (C=O) groups is 1. The minimum absolute atomic E-state index is 0.113. The number of ether oxygens (including phenoxy) is 1. The number of carboxylic acids is 1. The minimum Gasteiger partial charge on any atom is -0.482 e. The molecule has 3 rings (SSSR count). The van der Waals surface area contributed by atoms with Gasteiger partial charge in [-0.15, -0.1) is 0 Å². The van der Waals surface area contributed by atoms with E-state index in [4.69, 9.17) is 44.5 Å². The molecule has 2 atom stereocenters. The molecule has 0 saturated carbocycles. The van der Waals surface area contributed by atoms with Crippen molar-refractivity contribution in [3.8, 4) is 16.9 Å². The molecule has 0 amide bonds. The van der Waals surface area contributed by atoms with E-state index in [9.17, 15) is 9.18 Å². The quantitative estimate of drug-likeness (QED) is 0.430. The highest BCUT2D eigenvalue weighted by atomic mass is 35.5. The molecule has 0 aliphatic heterocycles. The van der Waals surface area contributed by atoms with Crippen molar-refractivity contribution in [2.75, 3.05) is 5.73 Å². The fourth-order valence-electron chi connectivity index (χ4n) is 3.05. The summed E-state index contributed by atoms with van der Waals surface area (Å²) in [5, 5.41) is 9.10. The van der Waals surface area contributed by atoms with Gasteiger partial charge >= 0.3 is 5.97 Å². The Morgan fingerprint density at radius 2 is 1.87 bits per heavy atom. The summed E-state index contributed by atoms with van der Waals surface area (Å²) >= 11 is 12.2. The number of nitrogens with two attached hydrogens (primary N) is 2. The van der Waals surface area contributed by atoms with Gasteiger partial charge in [0, 0.05) is 22.3 Å². The zero-order valence-corrected chi connectivity index (χ0v) is 18.0. The Hall–Kier alpha value is -2.87. The predicted molar refractivity (Wildman–Crippen MR) is 119 cm³/mol. The molecular weight excluding hydrogens is 444 g/mol. The van der Waals surface area contributed by atoms with Crippen LogP contribution in [0.5, 0.6) is 5.75 Å². The van der Waals surface area contributed by atoms with Crippen molar-refractivity contribution in [1.29, 1.82) is 0 Å². The maximum atomic E-state index is 13.9. The second kappa shape index (κ2) is 9.51. The molecule has 1 aromatic heterocycles. The lowest BCUT2D eigenvalue weighted by atomic mass is 10.0. The third-order valence-electron chi connectivity index (χ3n) is 4.73. The van der Waals surface area contributed by atoms with Gasteiger partial charge in [-0.05, 0) is 42.7 Å². The first-order chi connectivity index (χ1) is 14.7. The maximum absolute atomic E-state index is 13.9. The third kappa shape index (κ3) is 5.25. The molecule has 3 aromatic rings. The summed E-state index contributed by atoms with van der Waals surface area (Å²) in [6, 6.07) is 10.6. The zero-order valence-electron chi connectivity index (χ0n) is 16.5. The van der Waals surface area contributed by atoms with E-state index in [1.54, 1.807) is 31.3 Å². The number of rotatable bonds is 7. The number of benzene rings is 2. The fourth-order valence-corrected chi connectivity index (χ4v) is 3.72. The topological polar surface area (TPSA) is 111 Å². The van der Waals surface area contributed by atoms with Crippen LogP contribution in [0.15, 0.2) is 48.7 Å². The Bertz CT molecular complexity index is 1110. The highest BCUT2D eigenvalue weighted by molar-refractivity contribution is 6.36. The first-order valence-electron chi connectivity index (χ1n) is 9.30. The van der Waals surface area contributed by atoms with E-state index in [2.05, 4.69) is 4.98 Å². The molecule has 9 heteroatoms. The standard InChI is InChI=1S/C22H20Cl2FN3O3/c1-11(19-15(23)6-7-16(25)20(19)24)31-18-9-14(10-28-21(18)27)13-4-2-12(3-5-13)8-17(26)22(29)30/h2-7,9-11,17H,8,26H2,1H3,(H2,27,28)(H,29,30). The van der Waals surface area contributed by atoms with Gasteiger partial charge in [0.2, 0.25) is 0 Å². The van der Waals surface area contributed by atoms with Gasteiger partial charge in [0.25, 0.3) is 0 Å². The lowest BCUT2D eigenvalue weighted by Crippen LogP contribution is -2.32. The van der Waals surface area contributed by atoms with E-state index in [-0.39, 0.29) is 22.3 Å². The number of hydrogen-bond donors (Lipinski definition) is 3. The number of anilines is 1. The van der Waals surface area contributed by atoms with Crippen LogP contribution in [0.25, 0.3) is 11.1 Å². The Labute approximate surface area is 188 Å². The smallest absolute Gasteiger partial charge is 0.320 e. The number of nitrogens with zero attached hydrogens (tertiary/aromatic N) is 1. The summed E-state index contributed by atoms with van der Waals surface area (Å²) in [4.78, 5) is 15.1. The van der Waals surface area contributed by atoms with E-state index in [0.717, 1.165) is 16.7 Å². The van der Waals surface area contributed by atoms with Gasteiger partial charge in [-0.3, -0.25) is 4.79 Å². The molecule has 0 spiro atoms. The molecule has 2 aromatic carbocycles. The van der Waals surface area contributed by atoms with E-state index in [1.165, 1.54) is 12.1 Å². The number of aliphatic carboxylic acids is 1. The van der Waals surface area contributed by atoms with Crippen LogP contribution in [0.1, 0.15) is 24.2 Å². The molecule has 0 aliphatic carbocycles. The number of nitrogen functional groups attached to an aromatic ring is 1. The SMILES string of the molecule is CC(Oc1cc(-c2ccc(CC(N)C(=O)O)cc2)cnc1N)c1c(Cl)ccc(F)c1Cl. The molecule has 0 bridgehead atoms. The zero-order chi connectivity index (χ0) is 22.7. The molecule has 31 heavy (non-hydrogen) atoms. The van der Waals surface area contributed by atoms with Gasteiger partial charge in [-0.1, -0.05) is 47.5 Å². The fraction of sp³-hybridized carbons (Fsp3) is 0.182. The summed E-state index contributed by atoms with van der Waals surface area (Å²) in [6.07, 6.45) is 1.12. The lowest BCUT2D eigenvalue weighted by Gasteiger charge is -2.19. The summed E-state index contributed by atoms with van der Waals surface area (Å²) in [6.45, 7) is 1.68. The van der Waals surface area contributed by atoms with Crippen LogP contribution in [0, 0.1) is 5.82 Å². The van der Waals surface area contributed by atoms with Gasteiger partial charge in [-0.2, -0.15) is 0 Å². The lowest BCUT2D eigenvalue weighted by molar-refractivity contribution is -0.138. The van der Waals surface area contributed by atoms with Crippen molar-refractivity contribution >= 4 is 35.0 Å². The summed E-state index contributed by atoms with van der Waals surface area (Å²) in [7, 11) is 0. The normalized spacial score (nSPS) is 12.9.